The lowest BCUT2D eigenvalue weighted by Crippen LogP contribution is -2.34. The molecule has 0 aromatic rings. The van der Waals surface area contributed by atoms with Crippen molar-refractivity contribution >= 4 is 16.2 Å². The Morgan fingerprint density at radius 3 is 2.57 bits per heavy atom. The maximum atomic E-state index is 10.8. The molecule has 0 radical (unpaired) electrons. The third-order valence-corrected chi connectivity index (χ3v) is 2.55. The largest absolute Gasteiger partial charge is 0.466 e. The van der Waals surface area contributed by atoms with Gasteiger partial charge in [0.05, 0.1) is 6.61 Å². The van der Waals surface area contributed by atoms with Gasteiger partial charge >= 0.3 is 5.97 Å². The van der Waals surface area contributed by atoms with Crippen molar-refractivity contribution in [3.05, 3.63) is 0 Å². The number of ether oxygens (including phenoxy) is 1. The first-order valence-corrected chi connectivity index (χ1v) is 5.84. The number of carbonyl (C=O) groups is 1. The Labute approximate surface area is 84.2 Å². The quantitative estimate of drug-likeness (QED) is 0.446. The first-order valence-electron chi connectivity index (χ1n) is 4.35. The van der Waals surface area contributed by atoms with E-state index < -0.39 is 10.2 Å². The Bertz CT molecular complexity index is 263. The van der Waals surface area contributed by atoms with Crippen molar-refractivity contribution in [2.45, 2.75) is 19.8 Å². The average Bonchev–Trinajstić information content (AvgIpc) is 2.13. The highest BCUT2D eigenvalue weighted by atomic mass is 32.2. The fraction of sp³-hybridized carbons (Fsp3) is 0.857. The second kappa shape index (κ2) is 6.74. The van der Waals surface area contributed by atoms with Crippen LogP contribution in [-0.2, 0) is 19.7 Å². The normalized spacial score (nSPS) is 11.3. The molecule has 7 heteroatoms. The Kier molecular flexibility index (Phi) is 6.43. The van der Waals surface area contributed by atoms with Crippen LogP contribution in [0.2, 0.25) is 0 Å². The summed E-state index contributed by atoms with van der Waals surface area (Å²) in [6.07, 6.45) is 0.653. The van der Waals surface area contributed by atoms with Crippen molar-refractivity contribution in [1.82, 2.24) is 9.44 Å². The van der Waals surface area contributed by atoms with Gasteiger partial charge < -0.3 is 4.74 Å². The van der Waals surface area contributed by atoms with E-state index in [1.165, 1.54) is 7.05 Å². The van der Waals surface area contributed by atoms with Crippen LogP contribution in [0, 0.1) is 0 Å². The van der Waals surface area contributed by atoms with E-state index in [-0.39, 0.29) is 18.9 Å². The zero-order valence-electron chi connectivity index (χ0n) is 8.37. The molecule has 0 spiro atoms. The van der Waals surface area contributed by atoms with Crippen molar-refractivity contribution in [3.63, 3.8) is 0 Å². The smallest absolute Gasteiger partial charge is 0.305 e. The highest BCUT2D eigenvalue weighted by Crippen LogP contribution is 1.91. The third kappa shape index (κ3) is 6.81. The van der Waals surface area contributed by atoms with E-state index in [9.17, 15) is 13.2 Å². The van der Waals surface area contributed by atoms with Gasteiger partial charge in [0.2, 0.25) is 0 Å². The van der Waals surface area contributed by atoms with Gasteiger partial charge in [0.25, 0.3) is 10.2 Å². The summed E-state index contributed by atoms with van der Waals surface area (Å²) in [5.74, 6) is -0.309. The van der Waals surface area contributed by atoms with E-state index in [0.29, 0.717) is 13.0 Å². The van der Waals surface area contributed by atoms with Crippen LogP contribution in [0.25, 0.3) is 0 Å². The van der Waals surface area contributed by atoms with Crippen LogP contribution >= 0.6 is 0 Å². The lowest BCUT2D eigenvalue weighted by atomic mass is 10.3. The predicted molar refractivity (Wildman–Crippen MR) is 51.8 cm³/mol. The van der Waals surface area contributed by atoms with Crippen molar-refractivity contribution < 1.29 is 17.9 Å². The van der Waals surface area contributed by atoms with Crippen molar-refractivity contribution in [3.8, 4) is 0 Å². The monoisotopic (exact) mass is 224 g/mol. The lowest BCUT2D eigenvalue weighted by molar-refractivity contribution is -0.143. The molecule has 0 aliphatic heterocycles. The van der Waals surface area contributed by atoms with E-state index in [4.69, 9.17) is 0 Å². The zero-order valence-corrected chi connectivity index (χ0v) is 9.19. The van der Waals surface area contributed by atoms with Gasteiger partial charge in [0, 0.05) is 20.0 Å². The molecule has 84 valence electrons. The van der Waals surface area contributed by atoms with Gasteiger partial charge in [-0.05, 0) is 13.3 Å². The van der Waals surface area contributed by atoms with Gasteiger partial charge in [-0.1, -0.05) is 0 Å². The molecular formula is C7H16N2O4S. The standard InChI is InChI=1S/C7H16N2O4S/c1-3-13-7(10)5-4-6-9-14(11,12)8-2/h8-9H,3-6H2,1-2H3. The third-order valence-electron chi connectivity index (χ3n) is 1.42. The molecule has 0 saturated heterocycles. The summed E-state index contributed by atoms with van der Waals surface area (Å²) in [7, 11) is -2.07. The van der Waals surface area contributed by atoms with Gasteiger partial charge in [0.15, 0.2) is 0 Å². The highest BCUT2D eigenvalue weighted by molar-refractivity contribution is 7.87. The molecular weight excluding hydrogens is 208 g/mol. The first kappa shape index (κ1) is 13.3. The minimum Gasteiger partial charge on any atom is -0.466 e. The van der Waals surface area contributed by atoms with Crippen LogP contribution in [0.15, 0.2) is 0 Å². The van der Waals surface area contributed by atoms with Crippen molar-refractivity contribution in [1.29, 1.82) is 0 Å². The van der Waals surface area contributed by atoms with Crippen LogP contribution in [-0.4, -0.2) is 34.6 Å². The number of nitrogens with one attached hydrogen (secondary N) is 2. The van der Waals surface area contributed by atoms with Gasteiger partial charge in [-0.15, -0.1) is 0 Å². The summed E-state index contributed by atoms with van der Waals surface area (Å²) < 4.78 is 30.7. The van der Waals surface area contributed by atoms with Gasteiger partial charge in [0.1, 0.15) is 0 Å². The molecule has 2 N–H and O–H groups in total. The zero-order chi connectivity index (χ0) is 11.0. The topological polar surface area (TPSA) is 84.5 Å². The maximum Gasteiger partial charge on any atom is 0.305 e. The number of esters is 1. The molecule has 6 nitrogen and oxygen atoms in total. The van der Waals surface area contributed by atoms with E-state index >= 15 is 0 Å². The Balaban J connectivity index is 3.52. The SMILES string of the molecule is CCOC(=O)CCCNS(=O)(=O)NC. The summed E-state index contributed by atoms with van der Waals surface area (Å²) in [5.41, 5.74) is 0. The molecule has 0 amide bonds. The molecule has 0 atom stereocenters. The molecule has 0 aliphatic carbocycles. The molecule has 0 aromatic heterocycles. The molecule has 0 aliphatic rings. The fourth-order valence-corrected chi connectivity index (χ4v) is 1.30. The van der Waals surface area contributed by atoms with Crippen molar-refractivity contribution in [2.24, 2.45) is 0 Å². The molecule has 0 fully saturated rings. The molecule has 0 bridgehead atoms. The number of carbonyl (C=O) groups excluding carboxylic acids is 1. The van der Waals surface area contributed by atoms with E-state index in [1.807, 2.05) is 0 Å². The number of rotatable bonds is 7. The van der Waals surface area contributed by atoms with Crippen LogP contribution in [0.5, 0.6) is 0 Å². The lowest BCUT2D eigenvalue weighted by Gasteiger charge is -2.04. The second-order valence-electron chi connectivity index (χ2n) is 2.51. The average molecular weight is 224 g/mol. The summed E-state index contributed by atoms with van der Waals surface area (Å²) in [6, 6.07) is 0. The van der Waals surface area contributed by atoms with Crippen molar-refractivity contribution in [2.75, 3.05) is 20.2 Å². The van der Waals surface area contributed by atoms with Gasteiger partial charge in [-0.2, -0.15) is 8.42 Å². The summed E-state index contributed by atoms with van der Waals surface area (Å²) >= 11 is 0. The molecule has 0 aromatic carbocycles. The minimum absolute atomic E-state index is 0.222. The molecule has 0 unspecified atom stereocenters. The molecule has 0 rings (SSSR count). The fourth-order valence-electron chi connectivity index (χ4n) is 0.745. The second-order valence-corrected chi connectivity index (χ2v) is 4.21. The van der Waals surface area contributed by atoms with Crippen LogP contribution in [0.4, 0.5) is 0 Å². The van der Waals surface area contributed by atoms with E-state index in [2.05, 4.69) is 14.2 Å². The van der Waals surface area contributed by atoms with Crippen LogP contribution in [0.1, 0.15) is 19.8 Å². The van der Waals surface area contributed by atoms with E-state index in [1.54, 1.807) is 6.92 Å². The summed E-state index contributed by atoms with van der Waals surface area (Å²) in [4.78, 5) is 10.8. The minimum atomic E-state index is -3.38. The van der Waals surface area contributed by atoms with Crippen LogP contribution in [0.3, 0.4) is 0 Å². The maximum absolute atomic E-state index is 10.8. The van der Waals surface area contributed by atoms with Crippen LogP contribution < -0.4 is 9.44 Å². The Morgan fingerprint density at radius 2 is 2.07 bits per heavy atom. The van der Waals surface area contributed by atoms with Gasteiger partial charge in [-0.25, -0.2) is 9.44 Å². The summed E-state index contributed by atoms with van der Waals surface area (Å²) in [5, 5.41) is 0. The highest BCUT2D eigenvalue weighted by Gasteiger charge is 2.05. The predicted octanol–water partition coefficient (Wildman–Crippen LogP) is -0.616. The number of hydrogen-bond donors (Lipinski definition) is 2. The van der Waals surface area contributed by atoms with E-state index in [0.717, 1.165) is 0 Å². The Morgan fingerprint density at radius 1 is 1.43 bits per heavy atom. The number of hydrogen-bond acceptors (Lipinski definition) is 4. The first-order chi connectivity index (χ1) is 6.52. The Hall–Kier alpha value is -0.660. The van der Waals surface area contributed by atoms with Gasteiger partial charge in [-0.3, -0.25) is 4.79 Å². The summed E-state index contributed by atoms with van der Waals surface area (Å²) in [6.45, 7) is 2.30. The molecule has 0 heterocycles. The molecule has 14 heavy (non-hydrogen) atoms. The molecule has 0 saturated carbocycles.